The Morgan fingerprint density at radius 1 is 0.884 bits per heavy atom. The number of aliphatic imine (C=N–C) groups is 1. The number of rotatable bonds is 10. The highest BCUT2D eigenvalue weighted by atomic mass is 19.4. The number of benzene rings is 2. The summed E-state index contributed by atoms with van der Waals surface area (Å²) >= 11 is 0. The number of carbonyl (C=O) groups excluding carboxylic acids is 3. The molecule has 0 saturated heterocycles. The van der Waals surface area contributed by atoms with Crippen molar-refractivity contribution < 1.29 is 45.5 Å². The molecule has 0 unspecified atom stereocenters. The summed E-state index contributed by atoms with van der Waals surface area (Å²) in [5.74, 6) is -6.46. The lowest BCUT2D eigenvalue weighted by molar-refractivity contribution is -0.168. The molecule has 0 bridgehead atoms. The van der Waals surface area contributed by atoms with E-state index in [9.17, 15) is 40.7 Å². The number of hydrogen-bond acceptors (Lipinski definition) is 5. The van der Waals surface area contributed by atoms with E-state index in [1.807, 2.05) is 0 Å². The number of esters is 1. The minimum atomic E-state index is -4.73. The van der Waals surface area contributed by atoms with Crippen LogP contribution in [0.3, 0.4) is 0 Å². The van der Waals surface area contributed by atoms with Crippen molar-refractivity contribution in [3.05, 3.63) is 65.7 Å². The first-order valence-corrected chi connectivity index (χ1v) is 13.6. The van der Waals surface area contributed by atoms with Crippen molar-refractivity contribution in [3.8, 4) is 0 Å². The number of amides is 2. The number of hydrogen-bond donors (Lipinski definition) is 2. The minimum absolute atomic E-state index is 0.306. The van der Waals surface area contributed by atoms with Crippen molar-refractivity contribution >= 4 is 29.2 Å². The maximum Gasteiger partial charge on any atom is 0.389 e. The Hall–Kier alpha value is -3.90. The summed E-state index contributed by atoms with van der Waals surface area (Å²) in [6, 6.07) is 15.3. The molecule has 1 heterocycles. The number of para-hydroxylation sites is 1. The van der Waals surface area contributed by atoms with Gasteiger partial charge in [-0.25, -0.2) is 4.99 Å². The third kappa shape index (κ3) is 10.4. The fourth-order valence-electron chi connectivity index (χ4n) is 4.64. The van der Waals surface area contributed by atoms with Crippen LogP contribution in [-0.4, -0.2) is 47.6 Å². The molecule has 1 aliphatic rings. The maximum atomic E-state index is 13.6. The van der Waals surface area contributed by atoms with Gasteiger partial charge in [0.2, 0.25) is 12.1 Å². The molecule has 0 spiro atoms. The number of anilines is 1. The van der Waals surface area contributed by atoms with Crippen LogP contribution in [0.5, 0.6) is 0 Å². The summed E-state index contributed by atoms with van der Waals surface area (Å²) in [4.78, 5) is 44.3. The standard InChI is InChI=1S/C30H33F6N3O4/c1-28(2,3)43-27(42)20(13-9-16-29(31,32)33)19(15-17-30(34,35)36)25(40)39-24-26(41)37-22-14-8-7-12-21(22)23(38-24)18-10-5-4-6-11-18/h4-8,10-12,14,19-20,24H,9,13,15-17H2,1-3H3,(H,37,41)(H,39,40)/t19-,20-,24-/m1/s1. The van der Waals surface area contributed by atoms with E-state index in [2.05, 4.69) is 15.6 Å². The first-order chi connectivity index (χ1) is 19.9. The number of benzodiazepines with no additional fused rings is 1. The molecular formula is C30H33F6N3O4. The lowest BCUT2D eigenvalue weighted by atomic mass is 9.83. The van der Waals surface area contributed by atoms with Crippen LogP contribution < -0.4 is 10.6 Å². The second-order valence-electron chi connectivity index (χ2n) is 11.2. The molecule has 0 radical (unpaired) electrons. The summed E-state index contributed by atoms with van der Waals surface area (Å²) in [6.45, 7) is 4.45. The topological polar surface area (TPSA) is 96.9 Å². The number of nitrogens with zero attached hydrogens (tertiary/aromatic N) is 1. The second-order valence-corrected chi connectivity index (χ2v) is 11.2. The third-order valence-electron chi connectivity index (χ3n) is 6.52. The summed E-state index contributed by atoms with van der Waals surface area (Å²) in [5.41, 5.74) is 0.649. The molecule has 0 aromatic heterocycles. The Morgan fingerprint density at radius 2 is 1.49 bits per heavy atom. The van der Waals surface area contributed by atoms with Gasteiger partial charge in [-0.3, -0.25) is 14.4 Å². The van der Waals surface area contributed by atoms with E-state index in [1.54, 1.807) is 54.6 Å². The first kappa shape index (κ1) is 33.6. The van der Waals surface area contributed by atoms with Gasteiger partial charge in [0.05, 0.1) is 23.2 Å². The van der Waals surface area contributed by atoms with E-state index in [0.29, 0.717) is 22.5 Å². The van der Waals surface area contributed by atoms with Gasteiger partial charge in [-0.2, -0.15) is 26.3 Å². The Bertz CT molecular complexity index is 1320. The monoisotopic (exact) mass is 613 g/mol. The lowest BCUT2D eigenvalue weighted by Gasteiger charge is -2.29. The van der Waals surface area contributed by atoms with Crippen LogP contribution in [0.1, 0.15) is 64.0 Å². The molecule has 43 heavy (non-hydrogen) atoms. The van der Waals surface area contributed by atoms with E-state index in [0.717, 1.165) is 0 Å². The molecule has 234 valence electrons. The predicted molar refractivity (Wildman–Crippen MR) is 147 cm³/mol. The lowest BCUT2D eigenvalue weighted by Crippen LogP contribution is -2.48. The average Bonchev–Trinajstić information content (AvgIpc) is 3.02. The maximum absolute atomic E-state index is 13.6. The molecule has 1 aliphatic heterocycles. The Balaban J connectivity index is 2.00. The number of nitrogens with one attached hydrogen (secondary N) is 2. The van der Waals surface area contributed by atoms with Crippen molar-refractivity contribution in [2.24, 2.45) is 16.8 Å². The Labute approximate surface area is 245 Å². The van der Waals surface area contributed by atoms with Gasteiger partial charge in [0.25, 0.3) is 5.91 Å². The molecular weight excluding hydrogens is 580 g/mol. The highest BCUT2D eigenvalue weighted by molar-refractivity contribution is 6.19. The van der Waals surface area contributed by atoms with Gasteiger partial charge in [-0.05, 0) is 46.1 Å². The van der Waals surface area contributed by atoms with E-state index >= 15 is 0 Å². The van der Waals surface area contributed by atoms with Crippen LogP contribution in [0.25, 0.3) is 0 Å². The summed E-state index contributed by atoms with van der Waals surface area (Å²) in [6.07, 6.45) is -15.9. The zero-order valence-corrected chi connectivity index (χ0v) is 23.8. The molecule has 2 amide bonds. The smallest absolute Gasteiger partial charge is 0.389 e. The zero-order valence-electron chi connectivity index (χ0n) is 23.8. The van der Waals surface area contributed by atoms with Crippen LogP contribution in [0.4, 0.5) is 32.0 Å². The van der Waals surface area contributed by atoms with Crippen LogP contribution in [0.15, 0.2) is 59.6 Å². The highest BCUT2D eigenvalue weighted by Crippen LogP contribution is 2.33. The molecule has 2 N–H and O–H groups in total. The van der Waals surface area contributed by atoms with Crippen LogP contribution in [0, 0.1) is 11.8 Å². The van der Waals surface area contributed by atoms with Crippen molar-refractivity contribution in [1.29, 1.82) is 0 Å². The summed E-state index contributed by atoms with van der Waals surface area (Å²) in [5, 5.41) is 4.99. The van der Waals surface area contributed by atoms with Gasteiger partial charge in [0, 0.05) is 24.0 Å². The van der Waals surface area contributed by atoms with Crippen LogP contribution >= 0.6 is 0 Å². The van der Waals surface area contributed by atoms with Crippen molar-refractivity contribution in [2.75, 3.05) is 5.32 Å². The molecule has 3 rings (SSSR count). The van der Waals surface area contributed by atoms with Gasteiger partial charge >= 0.3 is 18.3 Å². The SMILES string of the molecule is CC(C)(C)OC(=O)[C@H](CCCC(F)(F)F)[C@@H](CCC(F)(F)F)C(=O)N[C@H]1N=C(c2ccccc2)c2ccccc2NC1=O. The van der Waals surface area contributed by atoms with Crippen molar-refractivity contribution in [2.45, 2.75) is 77.0 Å². The second kappa shape index (κ2) is 13.6. The fourth-order valence-corrected chi connectivity index (χ4v) is 4.64. The average molecular weight is 614 g/mol. The number of ether oxygens (including phenoxy) is 1. The largest absolute Gasteiger partial charge is 0.460 e. The van der Waals surface area contributed by atoms with Gasteiger partial charge in [-0.15, -0.1) is 0 Å². The van der Waals surface area contributed by atoms with E-state index in [-0.39, 0.29) is 0 Å². The number of halogens is 6. The van der Waals surface area contributed by atoms with Gasteiger partial charge in [0.1, 0.15) is 5.60 Å². The van der Waals surface area contributed by atoms with E-state index < -0.39 is 85.8 Å². The minimum Gasteiger partial charge on any atom is -0.460 e. The fraction of sp³-hybridized carbons (Fsp3) is 0.467. The van der Waals surface area contributed by atoms with Crippen LogP contribution in [-0.2, 0) is 19.1 Å². The van der Waals surface area contributed by atoms with E-state index in [4.69, 9.17) is 4.74 Å². The molecule has 3 atom stereocenters. The van der Waals surface area contributed by atoms with Gasteiger partial charge in [0.15, 0.2) is 0 Å². The van der Waals surface area contributed by atoms with Crippen molar-refractivity contribution in [3.63, 3.8) is 0 Å². The molecule has 13 heteroatoms. The first-order valence-electron chi connectivity index (χ1n) is 13.6. The molecule has 0 saturated carbocycles. The molecule has 2 aromatic carbocycles. The Kier molecular flexibility index (Phi) is 10.6. The molecule has 0 aliphatic carbocycles. The number of alkyl halides is 6. The highest BCUT2D eigenvalue weighted by Gasteiger charge is 2.41. The molecule has 7 nitrogen and oxygen atoms in total. The van der Waals surface area contributed by atoms with Crippen LogP contribution in [0.2, 0.25) is 0 Å². The van der Waals surface area contributed by atoms with Crippen molar-refractivity contribution in [1.82, 2.24) is 5.32 Å². The van der Waals surface area contributed by atoms with E-state index in [1.165, 1.54) is 20.8 Å². The third-order valence-corrected chi connectivity index (χ3v) is 6.52. The quantitative estimate of drug-likeness (QED) is 0.234. The predicted octanol–water partition coefficient (Wildman–Crippen LogP) is 6.57. The normalized spacial score (nSPS) is 17.1. The summed E-state index contributed by atoms with van der Waals surface area (Å²) in [7, 11) is 0. The molecule has 0 fully saturated rings. The Morgan fingerprint density at radius 3 is 2.09 bits per heavy atom. The summed E-state index contributed by atoms with van der Waals surface area (Å²) < 4.78 is 84.0. The number of carbonyl (C=O) groups is 3. The zero-order chi connectivity index (χ0) is 32.0. The number of fused-ring (bicyclic) bond motifs is 1. The molecule has 2 aromatic rings. The van der Waals surface area contributed by atoms with Gasteiger partial charge < -0.3 is 15.4 Å². The van der Waals surface area contributed by atoms with Gasteiger partial charge in [-0.1, -0.05) is 48.5 Å².